The summed E-state index contributed by atoms with van der Waals surface area (Å²) in [4.78, 5) is 10.8. The Morgan fingerprint density at radius 1 is 1.50 bits per heavy atom. The van der Waals surface area contributed by atoms with Crippen LogP contribution < -0.4 is 0 Å². The van der Waals surface area contributed by atoms with E-state index in [4.69, 9.17) is 9.47 Å². The van der Waals surface area contributed by atoms with Gasteiger partial charge in [0.05, 0.1) is 6.54 Å². The van der Waals surface area contributed by atoms with Crippen LogP contribution >= 0.6 is 15.9 Å². The van der Waals surface area contributed by atoms with E-state index < -0.39 is 0 Å². The molecule has 1 aromatic heterocycles. The van der Waals surface area contributed by atoms with E-state index in [-0.39, 0.29) is 6.29 Å². The summed E-state index contributed by atoms with van der Waals surface area (Å²) in [5.41, 5.74) is 0.497. The van der Waals surface area contributed by atoms with Crippen molar-refractivity contribution in [3.63, 3.8) is 0 Å². The Bertz CT molecular complexity index is 335. The fourth-order valence-corrected chi connectivity index (χ4v) is 1.73. The van der Waals surface area contributed by atoms with E-state index in [2.05, 4.69) is 21.0 Å². The molecule has 1 rings (SSSR count). The van der Waals surface area contributed by atoms with Gasteiger partial charge in [0.1, 0.15) is 10.3 Å². The van der Waals surface area contributed by atoms with Gasteiger partial charge in [-0.3, -0.25) is 9.48 Å². The van der Waals surface area contributed by atoms with Gasteiger partial charge in [0.25, 0.3) is 0 Å². The average molecular weight is 291 g/mol. The maximum atomic E-state index is 10.8. The first-order chi connectivity index (χ1) is 7.71. The zero-order chi connectivity index (χ0) is 12.0. The lowest BCUT2D eigenvalue weighted by Crippen LogP contribution is -2.25. The number of nitrogens with zero attached hydrogens (tertiary/aromatic N) is 2. The highest BCUT2D eigenvalue weighted by atomic mass is 79.9. The molecule has 6 heteroatoms. The standard InChI is InChI=1S/C10H15BrN2O3/c1-3-15-10(16-4-2)6-13-8(7-14)5-9(11)12-13/h5,7,10H,3-4,6H2,1-2H3. The second-order valence-electron chi connectivity index (χ2n) is 3.03. The minimum absolute atomic E-state index is 0.375. The number of rotatable bonds is 7. The highest BCUT2D eigenvalue weighted by Gasteiger charge is 2.13. The van der Waals surface area contributed by atoms with Gasteiger partial charge in [0, 0.05) is 19.3 Å². The van der Waals surface area contributed by atoms with Crippen LogP contribution in [-0.4, -0.2) is 35.6 Å². The lowest BCUT2D eigenvalue weighted by Gasteiger charge is -2.17. The molecule has 0 atom stereocenters. The molecule has 0 bridgehead atoms. The molecular formula is C10H15BrN2O3. The first-order valence-corrected chi connectivity index (χ1v) is 5.92. The molecule has 90 valence electrons. The van der Waals surface area contributed by atoms with Crippen molar-refractivity contribution >= 4 is 22.2 Å². The van der Waals surface area contributed by atoms with E-state index in [0.717, 1.165) is 6.29 Å². The summed E-state index contributed by atoms with van der Waals surface area (Å²) in [6.07, 6.45) is 0.382. The highest BCUT2D eigenvalue weighted by Crippen LogP contribution is 2.10. The molecule has 0 unspecified atom stereocenters. The van der Waals surface area contributed by atoms with Crippen molar-refractivity contribution in [2.45, 2.75) is 26.7 Å². The summed E-state index contributed by atoms with van der Waals surface area (Å²) in [7, 11) is 0. The van der Waals surface area contributed by atoms with Crippen molar-refractivity contribution in [1.29, 1.82) is 0 Å². The maximum absolute atomic E-state index is 10.8. The Morgan fingerprint density at radius 2 is 2.12 bits per heavy atom. The predicted molar refractivity (Wildman–Crippen MR) is 62.4 cm³/mol. The molecule has 0 aromatic carbocycles. The Labute approximate surface area is 103 Å². The number of hydrogen-bond acceptors (Lipinski definition) is 4. The molecule has 0 fully saturated rings. The predicted octanol–water partition coefficient (Wildman–Crippen LogP) is 1.86. The van der Waals surface area contributed by atoms with Gasteiger partial charge in [-0.25, -0.2) is 0 Å². The van der Waals surface area contributed by atoms with E-state index in [0.29, 0.717) is 30.1 Å². The number of carbonyl (C=O) groups is 1. The van der Waals surface area contributed by atoms with Crippen LogP contribution in [0.25, 0.3) is 0 Å². The van der Waals surface area contributed by atoms with Crippen LogP contribution in [0, 0.1) is 0 Å². The van der Waals surface area contributed by atoms with Crippen LogP contribution in [0.2, 0.25) is 0 Å². The molecular weight excluding hydrogens is 276 g/mol. The molecule has 0 aliphatic carbocycles. The van der Waals surface area contributed by atoms with Crippen LogP contribution in [0.4, 0.5) is 0 Å². The Kier molecular flexibility index (Phi) is 5.65. The van der Waals surface area contributed by atoms with Gasteiger partial charge >= 0.3 is 0 Å². The Hall–Kier alpha value is -0.720. The van der Waals surface area contributed by atoms with E-state index in [9.17, 15) is 4.79 Å². The largest absolute Gasteiger partial charge is 0.351 e. The number of hydrogen-bond donors (Lipinski definition) is 0. The van der Waals surface area contributed by atoms with Crippen molar-refractivity contribution in [2.24, 2.45) is 0 Å². The van der Waals surface area contributed by atoms with Crippen molar-refractivity contribution in [1.82, 2.24) is 9.78 Å². The fourth-order valence-electron chi connectivity index (χ4n) is 1.31. The summed E-state index contributed by atoms with van der Waals surface area (Å²) in [6, 6.07) is 1.65. The molecule has 5 nitrogen and oxygen atoms in total. The van der Waals surface area contributed by atoms with E-state index in [1.807, 2.05) is 13.8 Å². The van der Waals surface area contributed by atoms with Crippen molar-refractivity contribution in [3.8, 4) is 0 Å². The number of carbonyl (C=O) groups excluding carboxylic acids is 1. The van der Waals surface area contributed by atoms with Crippen LogP contribution in [-0.2, 0) is 16.0 Å². The third kappa shape index (κ3) is 3.70. The smallest absolute Gasteiger partial charge is 0.176 e. The SMILES string of the molecule is CCOC(Cn1nc(Br)cc1C=O)OCC. The molecule has 0 aliphatic rings. The molecule has 0 saturated heterocycles. The van der Waals surface area contributed by atoms with E-state index >= 15 is 0 Å². The molecule has 0 saturated carbocycles. The zero-order valence-corrected chi connectivity index (χ0v) is 10.9. The highest BCUT2D eigenvalue weighted by molar-refractivity contribution is 9.10. The molecule has 0 N–H and O–H groups in total. The average Bonchev–Trinajstić information content (AvgIpc) is 2.59. The third-order valence-corrected chi connectivity index (χ3v) is 2.32. The number of aldehydes is 1. The normalized spacial score (nSPS) is 11.0. The summed E-state index contributed by atoms with van der Waals surface area (Å²) < 4.78 is 13.0. The minimum atomic E-state index is -0.375. The van der Waals surface area contributed by atoms with Crippen LogP contribution in [0.3, 0.4) is 0 Å². The lowest BCUT2D eigenvalue weighted by atomic mass is 10.4. The van der Waals surface area contributed by atoms with Crippen molar-refractivity contribution < 1.29 is 14.3 Å². The first kappa shape index (κ1) is 13.3. The van der Waals surface area contributed by atoms with Crippen LogP contribution in [0.1, 0.15) is 24.3 Å². The van der Waals surface area contributed by atoms with Gasteiger partial charge < -0.3 is 9.47 Å². The fraction of sp³-hybridized carbons (Fsp3) is 0.600. The van der Waals surface area contributed by atoms with Gasteiger partial charge in [-0.05, 0) is 29.8 Å². The summed E-state index contributed by atoms with van der Waals surface area (Å²) in [5.74, 6) is 0. The van der Waals surface area contributed by atoms with Crippen molar-refractivity contribution in [3.05, 3.63) is 16.4 Å². The topological polar surface area (TPSA) is 53.4 Å². The molecule has 1 heterocycles. The molecule has 0 aliphatic heterocycles. The summed E-state index contributed by atoms with van der Waals surface area (Å²) in [5, 5.41) is 4.13. The molecule has 0 radical (unpaired) electrons. The summed E-state index contributed by atoms with van der Waals surface area (Å²) in [6.45, 7) is 5.31. The molecule has 0 amide bonds. The second kappa shape index (κ2) is 6.78. The summed E-state index contributed by atoms with van der Waals surface area (Å²) >= 11 is 3.22. The number of aromatic nitrogens is 2. The number of halogens is 1. The first-order valence-electron chi connectivity index (χ1n) is 5.13. The van der Waals surface area contributed by atoms with Gasteiger partial charge in [-0.2, -0.15) is 5.10 Å². The minimum Gasteiger partial charge on any atom is -0.351 e. The molecule has 0 spiro atoms. The quantitative estimate of drug-likeness (QED) is 0.568. The lowest BCUT2D eigenvalue weighted by molar-refractivity contribution is -0.145. The third-order valence-electron chi connectivity index (χ3n) is 1.93. The Morgan fingerprint density at radius 3 is 2.62 bits per heavy atom. The number of ether oxygens (including phenoxy) is 2. The maximum Gasteiger partial charge on any atom is 0.176 e. The van der Waals surface area contributed by atoms with E-state index in [1.165, 1.54) is 0 Å². The van der Waals surface area contributed by atoms with Gasteiger partial charge in [0.2, 0.25) is 0 Å². The monoisotopic (exact) mass is 290 g/mol. The van der Waals surface area contributed by atoms with Crippen LogP contribution in [0.5, 0.6) is 0 Å². The second-order valence-corrected chi connectivity index (χ2v) is 3.84. The molecule has 16 heavy (non-hydrogen) atoms. The van der Waals surface area contributed by atoms with Gasteiger partial charge in [-0.15, -0.1) is 0 Å². The van der Waals surface area contributed by atoms with Gasteiger partial charge in [0.15, 0.2) is 12.6 Å². The zero-order valence-electron chi connectivity index (χ0n) is 9.35. The van der Waals surface area contributed by atoms with Crippen LogP contribution in [0.15, 0.2) is 10.7 Å². The van der Waals surface area contributed by atoms with E-state index in [1.54, 1.807) is 10.7 Å². The van der Waals surface area contributed by atoms with Gasteiger partial charge in [-0.1, -0.05) is 0 Å². The Balaban J connectivity index is 2.71. The molecule has 1 aromatic rings. The van der Waals surface area contributed by atoms with Crippen molar-refractivity contribution in [2.75, 3.05) is 13.2 Å².